The number of piperidine rings is 1. The summed E-state index contributed by atoms with van der Waals surface area (Å²) in [5, 5.41) is 5.70. The van der Waals surface area contributed by atoms with E-state index in [1.165, 1.54) is 0 Å². The van der Waals surface area contributed by atoms with Crippen molar-refractivity contribution in [2.24, 2.45) is 0 Å². The Hall–Kier alpha value is -2.42. The Morgan fingerprint density at radius 2 is 1.81 bits per heavy atom. The summed E-state index contributed by atoms with van der Waals surface area (Å²) >= 11 is 1.61. The number of carbonyl (C=O) groups is 3. The summed E-state index contributed by atoms with van der Waals surface area (Å²) < 4.78 is 10.7. The number of ether oxygens (including phenoxy) is 2. The summed E-state index contributed by atoms with van der Waals surface area (Å²) in [6.07, 6.45) is 2.78. The largest absolute Gasteiger partial charge is 0.445 e. The molecular formula is C23H35N3O5S. The molecule has 1 unspecified atom stereocenters. The summed E-state index contributed by atoms with van der Waals surface area (Å²) in [6, 6.07) is 8.83. The van der Waals surface area contributed by atoms with Gasteiger partial charge < -0.3 is 25.0 Å². The van der Waals surface area contributed by atoms with Crippen molar-refractivity contribution in [3.63, 3.8) is 0 Å². The molecule has 0 aromatic heterocycles. The normalized spacial score (nSPS) is 15.6. The van der Waals surface area contributed by atoms with Crippen LogP contribution in [0.3, 0.4) is 0 Å². The Bertz CT molecular complexity index is 746. The predicted octanol–water partition coefficient (Wildman–Crippen LogP) is 3.55. The number of alkyl carbamates (subject to hydrolysis) is 1. The highest BCUT2D eigenvalue weighted by Gasteiger charge is 2.29. The molecule has 178 valence electrons. The van der Waals surface area contributed by atoms with Crippen LogP contribution < -0.4 is 10.6 Å². The lowest BCUT2D eigenvalue weighted by molar-refractivity contribution is -0.124. The fourth-order valence-corrected chi connectivity index (χ4v) is 3.74. The van der Waals surface area contributed by atoms with Gasteiger partial charge in [0.2, 0.25) is 5.91 Å². The van der Waals surface area contributed by atoms with Gasteiger partial charge in [-0.15, -0.1) is 0 Å². The van der Waals surface area contributed by atoms with Crippen molar-refractivity contribution in [1.82, 2.24) is 15.5 Å². The van der Waals surface area contributed by atoms with Crippen molar-refractivity contribution in [2.45, 2.75) is 64.3 Å². The first kappa shape index (κ1) is 25.8. The van der Waals surface area contributed by atoms with E-state index in [9.17, 15) is 14.4 Å². The third-order valence-corrected chi connectivity index (χ3v) is 5.57. The number of thioether (sulfide) groups is 1. The minimum atomic E-state index is -0.661. The highest BCUT2D eigenvalue weighted by atomic mass is 32.2. The monoisotopic (exact) mass is 465 g/mol. The topological polar surface area (TPSA) is 97.0 Å². The van der Waals surface area contributed by atoms with Gasteiger partial charge in [0.05, 0.1) is 0 Å². The molecule has 2 rings (SSSR count). The molecule has 1 aromatic rings. The summed E-state index contributed by atoms with van der Waals surface area (Å²) in [5.74, 6) is 0.509. The molecule has 1 aliphatic rings. The van der Waals surface area contributed by atoms with Gasteiger partial charge in [0.1, 0.15) is 18.2 Å². The minimum absolute atomic E-state index is 0.0575. The van der Waals surface area contributed by atoms with Crippen molar-refractivity contribution < 1.29 is 23.9 Å². The molecule has 1 heterocycles. The zero-order chi connectivity index (χ0) is 23.6. The van der Waals surface area contributed by atoms with E-state index in [1.54, 1.807) is 37.4 Å². The maximum absolute atomic E-state index is 12.8. The first-order valence-electron chi connectivity index (χ1n) is 10.9. The van der Waals surface area contributed by atoms with Crippen LogP contribution >= 0.6 is 11.8 Å². The van der Waals surface area contributed by atoms with Crippen molar-refractivity contribution in [2.75, 3.05) is 25.1 Å². The first-order chi connectivity index (χ1) is 15.2. The van der Waals surface area contributed by atoms with Gasteiger partial charge in [-0.25, -0.2) is 9.59 Å². The van der Waals surface area contributed by atoms with E-state index in [1.807, 2.05) is 36.6 Å². The van der Waals surface area contributed by atoms with Crippen LogP contribution in [-0.4, -0.2) is 65.8 Å². The van der Waals surface area contributed by atoms with Crippen molar-refractivity contribution in [3.8, 4) is 0 Å². The number of nitrogens with zero attached hydrogens (tertiary/aromatic N) is 1. The summed E-state index contributed by atoms with van der Waals surface area (Å²) in [5.41, 5.74) is 0.309. The van der Waals surface area contributed by atoms with E-state index in [-0.39, 0.29) is 24.6 Å². The van der Waals surface area contributed by atoms with Crippen molar-refractivity contribution in [1.29, 1.82) is 0 Å². The van der Waals surface area contributed by atoms with Gasteiger partial charge in [-0.2, -0.15) is 11.8 Å². The zero-order valence-corrected chi connectivity index (χ0v) is 20.2. The second kappa shape index (κ2) is 12.6. The predicted molar refractivity (Wildman–Crippen MR) is 126 cm³/mol. The van der Waals surface area contributed by atoms with Crippen molar-refractivity contribution >= 4 is 29.9 Å². The fourth-order valence-electron chi connectivity index (χ4n) is 3.27. The molecule has 1 atom stereocenters. The zero-order valence-electron chi connectivity index (χ0n) is 19.4. The highest BCUT2D eigenvalue weighted by molar-refractivity contribution is 7.98. The average Bonchev–Trinajstić information content (AvgIpc) is 2.75. The Morgan fingerprint density at radius 1 is 1.16 bits per heavy atom. The fraction of sp³-hybridized carbons (Fsp3) is 0.609. The number of amides is 3. The highest BCUT2D eigenvalue weighted by Crippen LogP contribution is 2.14. The van der Waals surface area contributed by atoms with E-state index >= 15 is 0 Å². The molecule has 0 bridgehead atoms. The third kappa shape index (κ3) is 9.38. The number of nitrogens with one attached hydrogen (secondary N) is 2. The Balaban J connectivity index is 1.79. The second-order valence-electron chi connectivity index (χ2n) is 8.79. The number of carbonyl (C=O) groups excluding carboxylic acids is 3. The van der Waals surface area contributed by atoms with Gasteiger partial charge in [0.15, 0.2) is 0 Å². The number of hydrogen-bond acceptors (Lipinski definition) is 6. The molecule has 3 amide bonds. The summed E-state index contributed by atoms with van der Waals surface area (Å²) in [6.45, 7) is 6.59. The molecule has 0 saturated carbocycles. The van der Waals surface area contributed by atoms with Gasteiger partial charge in [0.25, 0.3) is 0 Å². The van der Waals surface area contributed by atoms with E-state index in [4.69, 9.17) is 9.47 Å². The molecule has 9 heteroatoms. The lowest BCUT2D eigenvalue weighted by Gasteiger charge is -2.32. The van der Waals surface area contributed by atoms with Crippen LogP contribution in [0.5, 0.6) is 0 Å². The quantitative estimate of drug-likeness (QED) is 0.609. The first-order valence-corrected chi connectivity index (χ1v) is 12.3. The lowest BCUT2D eigenvalue weighted by Crippen LogP contribution is -2.53. The Kier molecular flexibility index (Phi) is 10.2. The maximum atomic E-state index is 12.8. The van der Waals surface area contributed by atoms with Gasteiger partial charge in [0, 0.05) is 19.1 Å². The number of hydrogen-bond donors (Lipinski definition) is 2. The molecule has 0 aliphatic carbocycles. The smallest absolute Gasteiger partial charge is 0.410 e. The van der Waals surface area contributed by atoms with Crippen LogP contribution in [0.15, 0.2) is 30.3 Å². The van der Waals surface area contributed by atoms with Gasteiger partial charge in [-0.05, 0) is 57.6 Å². The minimum Gasteiger partial charge on any atom is -0.445 e. The van der Waals surface area contributed by atoms with Gasteiger partial charge in [-0.1, -0.05) is 30.3 Å². The second-order valence-corrected chi connectivity index (χ2v) is 9.78. The number of likely N-dealkylation sites (tertiary alicyclic amines) is 1. The molecular weight excluding hydrogens is 430 g/mol. The van der Waals surface area contributed by atoms with Crippen LogP contribution in [0.2, 0.25) is 0 Å². The number of rotatable bonds is 8. The molecule has 1 fully saturated rings. The summed E-state index contributed by atoms with van der Waals surface area (Å²) in [7, 11) is 0. The molecule has 32 heavy (non-hydrogen) atoms. The van der Waals surface area contributed by atoms with Gasteiger partial charge >= 0.3 is 12.2 Å². The van der Waals surface area contributed by atoms with E-state index in [0.29, 0.717) is 32.4 Å². The Morgan fingerprint density at radius 3 is 2.41 bits per heavy atom. The molecule has 2 N–H and O–H groups in total. The number of benzene rings is 1. The van der Waals surface area contributed by atoms with Crippen LogP contribution in [0.1, 0.15) is 45.6 Å². The molecule has 1 saturated heterocycles. The van der Waals surface area contributed by atoms with Crippen LogP contribution in [0.4, 0.5) is 9.59 Å². The van der Waals surface area contributed by atoms with Crippen LogP contribution in [0, 0.1) is 0 Å². The van der Waals surface area contributed by atoms with Gasteiger partial charge in [-0.3, -0.25) is 4.79 Å². The van der Waals surface area contributed by atoms with Crippen LogP contribution in [-0.2, 0) is 20.9 Å². The van der Waals surface area contributed by atoms with Crippen LogP contribution in [0.25, 0.3) is 0 Å². The molecule has 0 spiro atoms. The van der Waals surface area contributed by atoms with Crippen molar-refractivity contribution in [3.05, 3.63) is 35.9 Å². The molecule has 1 aromatic carbocycles. The standard InChI is InChI=1S/C23H35N3O5S/c1-23(2,3)31-21(28)25-19(12-15-32-4)20(27)24-18-10-13-26(14-11-18)22(29)30-16-17-8-6-5-7-9-17/h5-9,18-19H,10-16H2,1-4H3,(H,24,27)(H,25,28). The van der Waals surface area contributed by atoms with E-state index in [2.05, 4.69) is 10.6 Å². The third-order valence-electron chi connectivity index (χ3n) is 4.92. The molecule has 1 aliphatic heterocycles. The maximum Gasteiger partial charge on any atom is 0.410 e. The molecule has 8 nitrogen and oxygen atoms in total. The lowest BCUT2D eigenvalue weighted by atomic mass is 10.0. The SMILES string of the molecule is CSCCC(NC(=O)OC(C)(C)C)C(=O)NC1CCN(C(=O)OCc2ccccc2)CC1. The molecule has 0 radical (unpaired) electrons. The summed E-state index contributed by atoms with van der Waals surface area (Å²) in [4.78, 5) is 38.9. The average molecular weight is 466 g/mol. The van der Waals surface area contributed by atoms with E-state index < -0.39 is 17.7 Å². The Labute approximate surface area is 194 Å². The van der Waals surface area contributed by atoms with E-state index in [0.717, 1.165) is 11.3 Å².